The third-order valence-electron chi connectivity index (χ3n) is 4.89. The number of hydrogen-bond donors (Lipinski definition) is 1. The molecule has 0 aliphatic carbocycles. The molecule has 2 saturated heterocycles. The van der Waals surface area contributed by atoms with Crippen LogP contribution in [0.15, 0.2) is 0 Å². The number of rotatable bonds is 5. The van der Waals surface area contributed by atoms with Gasteiger partial charge in [0.1, 0.15) is 0 Å². The summed E-state index contributed by atoms with van der Waals surface area (Å²) in [6, 6.07) is 0. The number of nitrogens with zero attached hydrogens (tertiary/aromatic N) is 2. The Balaban J connectivity index is 1.77. The van der Waals surface area contributed by atoms with Gasteiger partial charge in [-0.25, -0.2) is 4.79 Å². The molecule has 0 radical (unpaired) electrons. The molecule has 0 aromatic rings. The van der Waals surface area contributed by atoms with E-state index in [0.717, 1.165) is 12.8 Å². The van der Waals surface area contributed by atoms with E-state index in [1.54, 1.807) is 16.7 Å². The number of piperazine rings is 1. The lowest BCUT2D eigenvalue weighted by atomic mass is 9.88. The van der Waals surface area contributed by atoms with Crippen LogP contribution in [0.5, 0.6) is 0 Å². The molecule has 3 amide bonds. The molecule has 2 fully saturated rings. The van der Waals surface area contributed by atoms with Crippen LogP contribution in [0.2, 0.25) is 0 Å². The predicted octanol–water partition coefficient (Wildman–Crippen LogP) is 1.13. The summed E-state index contributed by atoms with van der Waals surface area (Å²) < 4.78 is 4.97. The Hall–Kier alpha value is -1.79. The molecular weight excluding hydrogens is 298 g/mol. The molecule has 1 atom stereocenters. The van der Waals surface area contributed by atoms with Crippen molar-refractivity contribution >= 4 is 17.9 Å². The highest BCUT2D eigenvalue weighted by Gasteiger charge is 2.36. The minimum Gasteiger partial charge on any atom is -0.450 e. The van der Waals surface area contributed by atoms with Crippen LogP contribution in [0.1, 0.15) is 46.0 Å². The van der Waals surface area contributed by atoms with E-state index in [-0.39, 0.29) is 23.4 Å². The zero-order valence-electron chi connectivity index (χ0n) is 14.1. The average Bonchev–Trinajstić information content (AvgIpc) is 2.95. The molecule has 23 heavy (non-hydrogen) atoms. The SMILES string of the molecule is CCOC(=O)N1CCN(C(=O)CC[C@@]2(CC)CCC(=O)N2)CC1. The van der Waals surface area contributed by atoms with Gasteiger partial charge in [-0.15, -0.1) is 0 Å². The Labute approximate surface area is 137 Å². The van der Waals surface area contributed by atoms with Crippen LogP contribution in [-0.2, 0) is 14.3 Å². The molecule has 0 aromatic heterocycles. The highest BCUT2D eigenvalue weighted by Crippen LogP contribution is 2.28. The quantitative estimate of drug-likeness (QED) is 0.822. The molecule has 130 valence electrons. The number of hydrogen-bond acceptors (Lipinski definition) is 4. The van der Waals surface area contributed by atoms with Crippen LogP contribution in [0.4, 0.5) is 4.79 Å². The van der Waals surface area contributed by atoms with Crippen molar-refractivity contribution in [1.29, 1.82) is 0 Å². The van der Waals surface area contributed by atoms with Gasteiger partial charge in [-0.1, -0.05) is 6.92 Å². The molecule has 7 nitrogen and oxygen atoms in total. The van der Waals surface area contributed by atoms with Gasteiger partial charge >= 0.3 is 6.09 Å². The minimum absolute atomic E-state index is 0.0855. The maximum Gasteiger partial charge on any atom is 0.409 e. The van der Waals surface area contributed by atoms with Gasteiger partial charge in [-0.2, -0.15) is 0 Å². The molecule has 0 saturated carbocycles. The maximum atomic E-state index is 12.4. The van der Waals surface area contributed by atoms with Gasteiger partial charge < -0.3 is 19.9 Å². The fraction of sp³-hybridized carbons (Fsp3) is 0.812. The molecular formula is C16H27N3O4. The second-order valence-electron chi connectivity index (χ2n) is 6.25. The van der Waals surface area contributed by atoms with Crippen molar-refractivity contribution in [2.24, 2.45) is 0 Å². The van der Waals surface area contributed by atoms with Crippen molar-refractivity contribution in [2.75, 3.05) is 32.8 Å². The van der Waals surface area contributed by atoms with Crippen LogP contribution >= 0.6 is 0 Å². The first kappa shape index (κ1) is 17.6. The van der Waals surface area contributed by atoms with E-state index in [9.17, 15) is 14.4 Å². The normalized spacial score (nSPS) is 24.5. The summed E-state index contributed by atoms with van der Waals surface area (Å²) in [5.41, 5.74) is -0.209. The van der Waals surface area contributed by atoms with Crippen molar-refractivity contribution in [2.45, 2.75) is 51.5 Å². The molecule has 7 heteroatoms. The van der Waals surface area contributed by atoms with E-state index in [1.165, 1.54) is 0 Å². The predicted molar refractivity (Wildman–Crippen MR) is 84.8 cm³/mol. The van der Waals surface area contributed by atoms with Gasteiger partial charge in [0.2, 0.25) is 11.8 Å². The van der Waals surface area contributed by atoms with Gasteiger partial charge in [0.25, 0.3) is 0 Å². The zero-order chi connectivity index (χ0) is 16.9. The number of carbonyl (C=O) groups excluding carboxylic acids is 3. The molecule has 0 bridgehead atoms. The molecule has 1 N–H and O–H groups in total. The van der Waals surface area contributed by atoms with Gasteiger partial charge in [0.05, 0.1) is 6.61 Å². The first-order valence-corrected chi connectivity index (χ1v) is 8.50. The Bertz CT molecular complexity index is 460. The Morgan fingerprint density at radius 3 is 2.35 bits per heavy atom. The van der Waals surface area contributed by atoms with E-state index in [0.29, 0.717) is 52.0 Å². The van der Waals surface area contributed by atoms with Crippen molar-refractivity contribution < 1.29 is 19.1 Å². The lowest BCUT2D eigenvalue weighted by Crippen LogP contribution is -2.51. The summed E-state index contributed by atoms with van der Waals surface area (Å²) in [5.74, 6) is 0.185. The Kier molecular flexibility index (Phi) is 5.85. The third-order valence-corrected chi connectivity index (χ3v) is 4.89. The lowest BCUT2D eigenvalue weighted by molar-refractivity contribution is -0.133. The van der Waals surface area contributed by atoms with Crippen LogP contribution in [0, 0.1) is 0 Å². The van der Waals surface area contributed by atoms with Crippen LogP contribution in [-0.4, -0.2) is 66.0 Å². The fourth-order valence-electron chi connectivity index (χ4n) is 3.26. The minimum atomic E-state index is -0.307. The maximum absolute atomic E-state index is 12.4. The fourth-order valence-corrected chi connectivity index (χ4v) is 3.26. The second-order valence-corrected chi connectivity index (χ2v) is 6.25. The molecule has 0 spiro atoms. The molecule has 0 unspecified atom stereocenters. The van der Waals surface area contributed by atoms with Gasteiger partial charge in [-0.3, -0.25) is 9.59 Å². The summed E-state index contributed by atoms with van der Waals surface area (Å²) in [7, 11) is 0. The van der Waals surface area contributed by atoms with Gasteiger partial charge in [0.15, 0.2) is 0 Å². The van der Waals surface area contributed by atoms with E-state index >= 15 is 0 Å². The number of carbonyl (C=O) groups is 3. The second kappa shape index (κ2) is 7.66. The number of nitrogens with one attached hydrogen (secondary N) is 1. The Morgan fingerprint density at radius 2 is 1.83 bits per heavy atom. The highest BCUT2D eigenvalue weighted by molar-refractivity contribution is 5.80. The molecule has 2 rings (SSSR count). The largest absolute Gasteiger partial charge is 0.450 e. The van der Waals surface area contributed by atoms with Crippen LogP contribution < -0.4 is 5.32 Å². The first-order chi connectivity index (χ1) is 11.0. The summed E-state index contributed by atoms with van der Waals surface area (Å²) >= 11 is 0. The molecule has 0 aromatic carbocycles. The number of ether oxygens (including phenoxy) is 1. The topological polar surface area (TPSA) is 79.0 Å². The van der Waals surface area contributed by atoms with Gasteiger partial charge in [-0.05, 0) is 26.2 Å². The van der Waals surface area contributed by atoms with E-state index < -0.39 is 0 Å². The highest BCUT2D eigenvalue weighted by atomic mass is 16.6. The third kappa shape index (κ3) is 4.36. The van der Waals surface area contributed by atoms with E-state index in [4.69, 9.17) is 4.74 Å². The summed E-state index contributed by atoms with van der Waals surface area (Å²) in [6.45, 7) is 6.31. The first-order valence-electron chi connectivity index (χ1n) is 8.50. The van der Waals surface area contributed by atoms with Crippen molar-refractivity contribution in [3.63, 3.8) is 0 Å². The standard InChI is InChI=1S/C16H27N3O4/c1-3-16(7-5-13(20)17-16)8-6-14(21)18-9-11-19(12-10-18)15(22)23-4-2/h3-12H2,1-2H3,(H,17,20)/t16-/m1/s1. The summed E-state index contributed by atoms with van der Waals surface area (Å²) in [5, 5.41) is 3.03. The smallest absolute Gasteiger partial charge is 0.409 e. The monoisotopic (exact) mass is 325 g/mol. The van der Waals surface area contributed by atoms with Crippen molar-refractivity contribution in [1.82, 2.24) is 15.1 Å². The van der Waals surface area contributed by atoms with Crippen LogP contribution in [0.3, 0.4) is 0 Å². The average molecular weight is 325 g/mol. The van der Waals surface area contributed by atoms with Crippen molar-refractivity contribution in [3.8, 4) is 0 Å². The summed E-state index contributed by atoms with van der Waals surface area (Å²) in [6.07, 6.45) is 3.03. The van der Waals surface area contributed by atoms with E-state index in [1.807, 2.05) is 6.92 Å². The Morgan fingerprint density at radius 1 is 1.17 bits per heavy atom. The van der Waals surface area contributed by atoms with Crippen molar-refractivity contribution in [3.05, 3.63) is 0 Å². The lowest BCUT2D eigenvalue weighted by Gasteiger charge is -2.35. The number of amides is 3. The molecule has 2 aliphatic heterocycles. The van der Waals surface area contributed by atoms with E-state index in [2.05, 4.69) is 5.32 Å². The zero-order valence-corrected chi connectivity index (χ0v) is 14.1. The molecule has 2 heterocycles. The summed E-state index contributed by atoms with van der Waals surface area (Å²) in [4.78, 5) is 38.9. The molecule has 2 aliphatic rings. The van der Waals surface area contributed by atoms with Crippen LogP contribution in [0.25, 0.3) is 0 Å². The van der Waals surface area contributed by atoms with Gasteiger partial charge in [0, 0.05) is 44.6 Å².